The zero-order valence-electron chi connectivity index (χ0n) is 18.5. The minimum atomic E-state index is -0.464. The molecule has 1 fully saturated rings. The predicted molar refractivity (Wildman–Crippen MR) is 116 cm³/mol. The summed E-state index contributed by atoms with van der Waals surface area (Å²) in [5.41, 5.74) is 0.658. The summed E-state index contributed by atoms with van der Waals surface area (Å²) in [5, 5.41) is 6.72. The van der Waals surface area contributed by atoms with Gasteiger partial charge in [-0.05, 0) is 64.2 Å². The van der Waals surface area contributed by atoms with Gasteiger partial charge < -0.3 is 25.0 Å². The van der Waals surface area contributed by atoms with Gasteiger partial charge in [0.1, 0.15) is 11.4 Å². The van der Waals surface area contributed by atoms with E-state index in [1.54, 1.807) is 7.11 Å². The Bertz CT molecular complexity index is 668. The number of hydrogen-bond acceptors (Lipinski definition) is 4. The fourth-order valence-electron chi connectivity index (χ4n) is 3.21. The van der Waals surface area contributed by atoms with E-state index in [2.05, 4.69) is 22.5 Å². The number of likely N-dealkylation sites (tertiary alicyclic amines) is 1. The van der Waals surface area contributed by atoms with E-state index in [1.807, 2.05) is 49.9 Å². The molecule has 0 spiro atoms. The lowest BCUT2D eigenvalue weighted by atomic mass is 9.98. The number of methoxy groups -OCH3 is 1. The topological polar surface area (TPSA) is 75.2 Å². The largest absolute Gasteiger partial charge is 0.497 e. The second-order valence-corrected chi connectivity index (χ2v) is 8.36. The molecule has 1 saturated heterocycles. The van der Waals surface area contributed by atoms with Crippen molar-refractivity contribution in [3.05, 3.63) is 29.8 Å². The molecule has 1 amide bonds. The number of guanidine groups is 1. The molecule has 7 heteroatoms. The Hall–Kier alpha value is -2.44. The van der Waals surface area contributed by atoms with Gasteiger partial charge in [-0.1, -0.05) is 12.1 Å². The van der Waals surface area contributed by atoms with Crippen molar-refractivity contribution in [2.45, 2.75) is 52.7 Å². The van der Waals surface area contributed by atoms with Crippen molar-refractivity contribution >= 4 is 12.1 Å². The number of carbonyl (C=O) groups excluding carboxylic acids is 1. The SMILES string of the molecule is CCNC(=NCc1ccc(OC)cc1)NCC1CCCN(C(=O)OC(C)(C)C)C1. The van der Waals surface area contributed by atoms with Gasteiger partial charge in [-0.2, -0.15) is 0 Å². The van der Waals surface area contributed by atoms with Crippen LogP contribution in [0.3, 0.4) is 0 Å². The van der Waals surface area contributed by atoms with Crippen molar-refractivity contribution in [3.63, 3.8) is 0 Å². The lowest BCUT2D eigenvalue weighted by molar-refractivity contribution is 0.0168. The minimum Gasteiger partial charge on any atom is -0.497 e. The lowest BCUT2D eigenvalue weighted by Crippen LogP contribution is -2.47. The Morgan fingerprint density at radius 2 is 1.97 bits per heavy atom. The number of nitrogens with zero attached hydrogens (tertiary/aromatic N) is 2. The molecule has 162 valence electrons. The maximum atomic E-state index is 12.3. The molecule has 1 aromatic rings. The zero-order valence-corrected chi connectivity index (χ0v) is 18.5. The Kier molecular flexibility index (Phi) is 8.61. The van der Waals surface area contributed by atoms with Gasteiger partial charge in [-0.15, -0.1) is 0 Å². The molecule has 1 heterocycles. The average molecular weight is 405 g/mol. The first-order valence-electron chi connectivity index (χ1n) is 10.4. The summed E-state index contributed by atoms with van der Waals surface area (Å²) in [6.07, 6.45) is 1.86. The van der Waals surface area contributed by atoms with E-state index in [0.29, 0.717) is 19.0 Å². The third-order valence-electron chi connectivity index (χ3n) is 4.65. The van der Waals surface area contributed by atoms with E-state index in [-0.39, 0.29) is 6.09 Å². The molecule has 1 unspecified atom stereocenters. The van der Waals surface area contributed by atoms with Crippen LogP contribution in [0, 0.1) is 5.92 Å². The third-order valence-corrected chi connectivity index (χ3v) is 4.65. The fourth-order valence-corrected chi connectivity index (χ4v) is 3.21. The number of nitrogens with one attached hydrogen (secondary N) is 2. The van der Waals surface area contributed by atoms with E-state index in [1.165, 1.54) is 0 Å². The van der Waals surface area contributed by atoms with Crippen LogP contribution in [0.15, 0.2) is 29.3 Å². The summed E-state index contributed by atoms with van der Waals surface area (Å²) >= 11 is 0. The van der Waals surface area contributed by atoms with Crippen molar-refractivity contribution < 1.29 is 14.3 Å². The van der Waals surface area contributed by atoms with Crippen molar-refractivity contribution in [3.8, 4) is 5.75 Å². The minimum absolute atomic E-state index is 0.220. The van der Waals surface area contributed by atoms with Crippen molar-refractivity contribution in [2.75, 3.05) is 33.3 Å². The van der Waals surface area contributed by atoms with E-state index in [0.717, 1.165) is 49.7 Å². The van der Waals surface area contributed by atoms with E-state index in [4.69, 9.17) is 9.47 Å². The smallest absolute Gasteiger partial charge is 0.410 e. The Balaban J connectivity index is 1.87. The maximum absolute atomic E-state index is 12.3. The van der Waals surface area contributed by atoms with Crippen LogP contribution in [0.4, 0.5) is 4.79 Å². The first-order valence-corrected chi connectivity index (χ1v) is 10.4. The van der Waals surface area contributed by atoms with Crippen LogP contribution in [0.25, 0.3) is 0 Å². The summed E-state index contributed by atoms with van der Waals surface area (Å²) in [6.45, 7) is 11.4. The molecular weight excluding hydrogens is 368 g/mol. The molecule has 2 N–H and O–H groups in total. The van der Waals surface area contributed by atoms with Gasteiger partial charge in [0.05, 0.1) is 13.7 Å². The highest BCUT2D eigenvalue weighted by Gasteiger charge is 2.27. The second kappa shape index (κ2) is 10.9. The Morgan fingerprint density at radius 3 is 2.59 bits per heavy atom. The molecule has 2 rings (SSSR count). The van der Waals surface area contributed by atoms with Crippen LogP contribution in [-0.2, 0) is 11.3 Å². The summed E-state index contributed by atoms with van der Waals surface area (Å²) in [7, 11) is 1.66. The summed E-state index contributed by atoms with van der Waals surface area (Å²) < 4.78 is 10.7. The highest BCUT2D eigenvalue weighted by atomic mass is 16.6. The number of benzene rings is 1. The first kappa shape index (κ1) is 22.8. The number of aliphatic imine (C=N–C) groups is 1. The van der Waals surface area contributed by atoms with Gasteiger partial charge >= 0.3 is 6.09 Å². The van der Waals surface area contributed by atoms with Crippen LogP contribution in [-0.4, -0.2) is 55.8 Å². The summed E-state index contributed by atoms with van der Waals surface area (Å²) in [4.78, 5) is 18.8. The maximum Gasteiger partial charge on any atom is 0.410 e. The zero-order chi connectivity index (χ0) is 21.3. The lowest BCUT2D eigenvalue weighted by Gasteiger charge is -2.34. The van der Waals surface area contributed by atoms with Crippen LogP contribution in [0.5, 0.6) is 5.75 Å². The molecular formula is C22H36N4O3. The van der Waals surface area contributed by atoms with Gasteiger partial charge in [0.15, 0.2) is 5.96 Å². The Labute approximate surface area is 174 Å². The first-order chi connectivity index (χ1) is 13.8. The predicted octanol–water partition coefficient (Wildman–Crippen LogP) is 3.40. The molecule has 0 aliphatic carbocycles. The van der Waals surface area contributed by atoms with Crippen LogP contribution >= 0.6 is 0 Å². The molecule has 0 bridgehead atoms. The molecule has 7 nitrogen and oxygen atoms in total. The van der Waals surface area contributed by atoms with E-state index >= 15 is 0 Å². The normalized spacial score (nSPS) is 17.6. The highest BCUT2D eigenvalue weighted by molar-refractivity contribution is 5.79. The molecule has 29 heavy (non-hydrogen) atoms. The number of carbonyl (C=O) groups is 1. The molecule has 1 aliphatic rings. The van der Waals surface area contributed by atoms with Crippen LogP contribution in [0.2, 0.25) is 0 Å². The van der Waals surface area contributed by atoms with Crippen molar-refractivity contribution in [2.24, 2.45) is 10.9 Å². The quantitative estimate of drug-likeness (QED) is 0.561. The van der Waals surface area contributed by atoms with Gasteiger partial charge in [-0.3, -0.25) is 0 Å². The number of amides is 1. The average Bonchev–Trinajstić information content (AvgIpc) is 2.69. The van der Waals surface area contributed by atoms with Crippen molar-refractivity contribution in [1.29, 1.82) is 0 Å². The van der Waals surface area contributed by atoms with Crippen molar-refractivity contribution in [1.82, 2.24) is 15.5 Å². The van der Waals surface area contributed by atoms with Gasteiger partial charge in [-0.25, -0.2) is 9.79 Å². The Morgan fingerprint density at radius 1 is 1.24 bits per heavy atom. The number of rotatable bonds is 6. The van der Waals surface area contributed by atoms with Gasteiger partial charge in [0, 0.05) is 26.2 Å². The molecule has 1 aliphatic heterocycles. The van der Waals surface area contributed by atoms with E-state index in [9.17, 15) is 4.79 Å². The van der Waals surface area contributed by atoms with Crippen LogP contribution < -0.4 is 15.4 Å². The monoisotopic (exact) mass is 404 g/mol. The molecule has 1 atom stereocenters. The number of ether oxygens (including phenoxy) is 2. The number of piperidine rings is 1. The van der Waals surface area contributed by atoms with Gasteiger partial charge in [0.25, 0.3) is 0 Å². The van der Waals surface area contributed by atoms with E-state index < -0.39 is 5.60 Å². The highest BCUT2D eigenvalue weighted by Crippen LogP contribution is 2.19. The standard InChI is InChI=1S/C22H36N4O3/c1-6-23-20(24-14-17-9-11-19(28-5)12-10-17)25-15-18-8-7-13-26(16-18)21(27)29-22(2,3)4/h9-12,18H,6-8,13-16H2,1-5H3,(H2,23,24,25). The molecule has 0 aromatic heterocycles. The fraction of sp³-hybridized carbons (Fsp3) is 0.636. The summed E-state index contributed by atoms with van der Waals surface area (Å²) in [5.74, 6) is 2.01. The molecule has 0 saturated carbocycles. The number of hydrogen-bond donors (Lipinski definition) is 2. The van der Waals surface area contributed by atoms with Gasteiger partial charge in [0.2, 0.25) is 0 Å². The molecule has 0 radical (unpaired) electrons. The third kappa shape index (κ3) is 8.21. The molecule has 1 aromatic carbocycles. The summed E-state index contributed by atoms with van der Waals surface area (Å²) in [6, 6.07) is 7.93. The van der Waals surface area contributed by atoms with Crippen LogP contribution in [0.1, 0.15) is 46.1 Å². The second-order valence-electron chi connectivity index (χ2n) is 8.36.